The van der Waals surface area contributed by atoms with E-state index < -0.39 is 17.3 Å². The lowest BCUT2D eigenvalue weighted by atomic mass is 9.84. The molecule has 0 saturated carbocycles. The van der Waals surface area contributed by atoms with Crippen LogP contribution in [0.15, 0.2) is 41.1 Å². The predicted molar refractivity (Wildman–Crippen MR) is 108 cm³/mol. The molecular formula is C22H22N4O4. The number of carbonyl (C=O) groups is 1. The number of aryl methyl sites for hydroxylation is 1. The Bertz CT molecular complexity index is 1110. The molecule has 0 radical (unpaired) electrons. The Balaban J connectivity index is 2.11. The summed E-state index contributed by atoms with van der Waals surface area (Å²) in [5.41, 5.74) is 2.26. The molecule has 2 aromatic heterocycles. The van der Waals surface area contributed by atoms with Gasteiger partial charge in [0.15, 0.2) is 0 Å². The number of hydrogen-bond donors (Lipinski definition) is 1. The van der Waals surface area contributed by atoms with Crippen LogP contribution < -0.4 is 4.74 Å². The van der Waals surface area contributed by atoms with Crippen LogP contribution in [0.3, 0.4) is 0 Å². The van der Waals surface area contributed by atoms with E-state index in [-0.39, 0.29) is 12.3 Å². The molecule has 8 nitrogen and oxygen atoms in total. The van der Waals surface area contributed by atoms with Crippen molar-refractivity contribution in [3.8, 4) is 22.9 Å². The van der Waals surface area contributed by atoms with Gasteiger partial charge in [0.1, 0.15) is 5.75 Å². The van der Waals surface area contributed by atoms with E-state index in [9.17, 15) is 15.2 Å². The summed E-state index contributed by atoms with van der Waals surface area (Å²) >= 11 is 0. The number of methoxy groups -OCH3 is 1. The zero-order valence-electron chi connectivity index (χ0n) is 17.2. The van der Waals surface area contributed by atoms with E-state index in [2.05, 4.69) is 21.3 Å². The standard InChI is InChI=1S/C22H22N4O4/c1-13-25-26-21(30-13)18(9-20(27)28)15-7-14(10-24-11-15)17-8-16(22(2,3)12-23)5-6-19(17)29-4/h5-8,10-11,18H,9H2,1-4H3,(H,27,28). The van der Waals surface area contributed by atoms with Crippen molar-refractivity contribution in [3.05, 3.63) is 59.6 Å². The average molecular weight is 406 g/mol. The normalized spacial score (nSPS) is 12.2. The largest absolute Gasteiger partial charge is 0.496 e. The minimum atomic E-state index is -0.989. The van der Waals surface area contributed by atoms with Gasteiger partial charge in [-0.25, -0.2) is 0 Å². The summed E-state index contributed by atoms with van der Waals surface area (Å²) in [5, 5.41) is 26.7. The molecule has 30 heavy (non-hydrogen) atoms. The van der Waals surface area contributed by atoms with Crippen LogP contribution in [0.1, 0.15) is 49.1 Å². The van der Waals surface area contributed by atoms with Crippen molar-refractivity contribution >= 4 is 5.97 Å². The number of aromatic nitrogens is 3. The maximum atomic E-state index is 11.4. The Morgan fingerprint density at radius 2 is 2.07 bits per heavy atom. The Morgan fingerprint density at radius 1 is 1.30 bits per heavy atom. The fraction of sp³-hybridized carbons (Fsp3) is 0.318. The minimum absolute atomic E-state index is 0.217. The van der Waals surface area contributed by atoms with Gasteiger partial charge in [-0.1, -0.05) is 6.07 Å². The zero-order chi connectivity index (χ0) is 21.9. The molecule has 0 saturated heterocycles. The van der Waals surface area contributed by atoms with Crippen LogP contribution in [-0.2, 0) is 10.2 Å². The van der Waals surface area contributed by atoms with E-state index in [4.69, 9.17) is 9.15 Å². The Labute approximate surface area is 174 Å². The smallest absolute Gasteiger partial charge is 0.304 e. The molecule has 8 heteroatoms. The summed E-state index contributed by atoms with van der Waals surface area (Å²) in [6.45, 7) is 5.33. The van der Waals surface area contributed by atoms with Gasteiger partial charge in [0.25, 0.3) is 0 Å². The van der Waals surface area contributed by atoms with Crippen LogP contribution in [-0.4, -0.2) is 33.4 Å². The molecule has 0 bridgehead atoms. The number of rotatable bonds is 7. The number of carboxylic acids is 1. The van der Waals surface area contributed by atoms with Crippen LogP contribution in [0.4, 0.5) is 0 Å². The van der Waals surface area contributed by atoms with E-state index in [1.165, 1.54) is 0 Å². The van der Waals surface area contributed by atoms with Gasteiger partial charge >= 0.3 is 5.97 Å². The first-order valence-electron chi connectivity index (χ1n) is 9.32. The third-order valence-electron chi connectivity index (χ3n) is 4.89. The summed E-state index contributed by atoms with van der Waals surface area (Å²) in [6.07, 6.45) is 3.04. The van der Waals surface area contributed by atoms with E-state index in [0.717, 1.165) is 16.7 Å². The number of ether oxygens (including phenoxy) is 1. The summed E-state index contributed by atoms with van der Waals surface area (Å²) in [7, 11) is 1.57. The molecule has 0 fully saturated rings. The van der Waals surface area contributed by atoms with Gasteiger partial charge in [-0.3, -0.25) is 9.78 Å². The third-order valence-corrected chi connectivity index (χ3v) is 4.89. The van der Waals surface area contributed by atoms with E-state index in [0.29, 0.717) is 17.2 Å². The third kappa shape index (κ3) is 4.30. The second-order valence-electron chi connectivity index (χ2n) is 7.47. The summed E-state index contributed by atoms with van der Waals surface area (Å²) < 4.78 is 11.0. The van der Waals surface area contributed by atoms with Crippen LogP contribution >= 0.6 is 0 Å². The molecule has 2 heterocycles. The molecule has 0 aliphatic rings. The fourth-order valence-electron chi connectivity index (χ4n) is 3.16. The lowest BCUT2D eigenvalue weighted by Gasteiger charge is -2.19. The quantitative estimate of drug-likeness (QED) is 0.628. The summed E-state index contributed by atoms with van der Waals surface area (Å²) in [5.74, 6) is -0.426. The number of aliphatic carboxylic acids is 1. The number of pyridine rings is 1. The molecule has 0 spiro atoms. The molecule has 3 rings (SSSR count). The van der Waals surface area contributed by atoms with Crippen molar-refractivity contribution < 1.29 is 19.1 Å². The van der Waals surface area contributed by atoms with Crippen molar-refractivity contribution in [1.29, 1.82) is 5.26 Å². The van der Waals surface area contributed by atoms with Crippen LogP contribution in [0.5, 0.6) is 5.75 Å². The average Bonchev–Trinajstić information content (AvgIpc) is 3.17. The predicted octanol–water partition coefficient (Wildman–Crippen LogP) is 3.86. The molecular weight excluding hydrogens is 384 g/mol. The molecule has 154 valence electrons. The van der Waals surface area contributed by atoms with Gasteiger partial charge in [-0.15, -0.1) is 10.2 Å². The van der Waals surface area contributed by atoms with Crippen LogP contribution in [0, 0.1) is 18.3 Å². The Hall–Kier alpha value is -3.73. The summed E-state index contributed by atoms with van der Waals surface area (Å²) in [6, 6.07) is 9.70. The second kappa shape index (κ2) is 8.33. The summed E-state index contributed by atoms with van der Waals surface area (Å²) in [4.78, 5) is 15.8. The van der Waals surface area contributed by atoms with Gasteiger partial charge < -0.3 is 14.3 Å². The Morgan fingerprint density at radius 3 is 2.67 bits per heavy atom. The molecule has 0 aliphatic heterocycles. The molecule has 1 unspecified atom stereocenters. The highest BCUT2D eigenvalue weighted by molar-refractivity contribution is 5.73. The number of benzene rings is 1. The highest BCUT2D eigenvalue weighted by Gasteiger charge is 2.25. The van der Waals surface area contributed by atoms with Crippen molar-refractivity contribution in [2.45, 2.75) is 38.5 Å². The van der Waals surface area contributed by atoms with Gasteiger partial charge in [0.2, 0.25) is 11.8 Å². The van der Waals surface area contributed by atoms with Crippen molar-refractivity contribution in [2.75, 3.05) is 7.11 Å². The lowest BCUT2D eigenvalue weighted by Crippen LogP contribution is -2.14. The fourth-order valence-corrected chi connectivity index (χ4v) is 3.16. The Kier molecular flexibility index (Phi) is 5.83. The highest BCUT2D eigenvalue weighted by atomic mass is 16.5. The molecule has 1 atom stereocenters. The van der Waals surface area contributed by atoms with E-state index in [1.54, 1.807) is 26.4 Å². The van der Waals surface area contributed by atoms with E-state index in [1.807, 2.05) is 38.1 Å². The second-order valence-corrected chi connectivity index (χ2v) is 7.47. The number of carboxylic acid groups (broad SMARTS) is 1. The molecule has 1 N–H and O–H groups in total. The first-order valence-corrected chi connectivity index (χ1v) is 9.32. The molecule has 3 aromatic rings. The van der Waals surface area contributed by atoms with Crippen molar-refractivity contribution in [1.82, 2.24) is 15.2 Å². The molecule has 0 aliphatic carbocycles. The molecule has 1 aromatic carbocycles. The van der Waals surface area contributed by atoms with Gasteiger partial charge in [-0.05, 0) is 43.2 Å². The first kappa shape index (κ1) is 21.0. The van der Waals surface area contributed by atoms with Gasteiger partial charge in [-0.2, -0.15) is 5.26 Å². The molecule has 0 amide bonds. The van der Waals surface area contributed by atoms with Gasteiger partial charge in [0.05, 0.1) is 30.9 Å². The first-order chi connectivity index (χ1) is 14.2. The monoisotopic (exact) mass is 406 g/mol. The number of nitriles is 1. The number of nitrogens with zero attached hydrogens (tertiary/aromatic N) is 4. The van der Waals surface area contributed by atoms with Crippen molar-refractivity contribution in [3.63, 3.8) is 0 Å². The van der Waals surface area contributed by atoms with Crippen LogP contribution in [0.2, 0.25) is 0 Å². The topological polar surface area (TPSA) is 122 Å². The van der Waals surface area contributed by atoms with Gasteiger partial charge in [0, 0.05) is 30.4 Å². The SMILES string of the molecule is COc1ccc(C(C)(C)C#N)cc1-c1cncc(C(CC(=O)O)c2nnc(C)o2)c1. The maximum absolute atomic E-state index is 11.4. The van der Waals surface area contributed by atoms with Crippen LogP contribution in [0.25, 0.3) is 11.1 Å². The highest BCUT2D eigenvalue weighted by Crippen LogP contribution is 2.36. The maximum Gasteiger partial charge on any atom is 0.304 e. The van der Waals surface area contributed by atoms with E-state index >= 15 is 0 Å². The zero-order valence-corrected chi connectivity index (χ0v) is 17.2. The number of hydrogen-bond acceptors (Lipinski definition) is 7. The van der Waals surface area contributed by atoms with Crippen molar-refractivity contribution in [2.24, 2.45) is 0 Å². The minimum Gasteiger partial charge on any atom is -0.496 e. The lowest BCUT2D eigenvalue weighted by molar-refractivity contribution is -0.137.